The lowest BCUT2D eigenvalue weighted by atomic mass is 10.3. The highest BCUT2D eigenvalue weighted by Gasteiger charge is 2.36. The van der Waals surface area contributed by atoms with Crippen LogP contribution >= 0.6 is 11.3 Å². The molecule has 0 amide bonds. The molecule has 6 nitrogen and oxygen atoms in total. The molecule has 1 aliphatic heterocycles. The summed E-state index contributed by atoms with van der Waals surface area (Å²) in [6.45, 7) is 4.26. The molecule has 1 aromatic rings. The van der Waals surface area contributed by atoms with E-state index in [9.17, 15) is 13.2 Å². The Labute approximate surface area is 115 Å². The molecule has 1 N–H and O–H groups in total. The van der Waals surface area contributed by atoms with E-state index < -0.39 is 16.0 Å². The Morgan fingerprint density at radius 2 is 2.26 bits per heavy atom. The van der Waals surface area contributed by atoms with Crippen molar-refractivity contribution < 1.29 is 23.1 Å². The maximum absolute atomic E-state index is 12.6. The standard InChI is InChI=1S/C11H15NO5S2/c1-7-6-18-9(11(13)14)10(7)19(15,16)12-3-4-17-5-8(12)2/h6,8H,3-5H2,1-2H3,(H,13,14)/t8-/m1/s1. The van der Waals surface area contributed by atoms with Crippen molar-refractivity contribution in [2.75, 3.05) is 19.8 Å². The van der Waals surface area contributed by atoms with E-state index in [0.717, 1.165) is 11.3 Å². The highest BCUT2D eigenvalue weighted by Crippen LogP contribution is 2.31. The van der Waals surface area contributed by atoms with Crippen LogP contribution in [0.25, 0.3) is 0 Å². The van der Waals surface area contributed by atoms with Crippen LogP contribution in [0.3, 0.4) is 0 Å². The molecular formula is C11H15NO5S2. The summed E-state index contributed by atoms with van der Waals surface area (Å²) in [5, 5.41) is 10.7. The lowest BCUT2D eigenvalue weighted by molar-refractivity contribution is 0.0392. The van der Waals surface area contributed by atoms with Gasteiger partial charge in [0, 0.05) is 12.6 Å². The SMILES string of the molecule is Cc1csc(C(=O)O)c1S(=O)(=O)N1CCOC[C@H]1C. The first kappa shape index (κ1) is 14.4. The Balaban J connectivity index is 2.50. The van der Waals surface area contributed by atoms with Gasteiger partial charge in [-0.2, -0.15) is 4.31 Å². The lowest BCUT2D eigenvalue weighted by Gasteiger charge is -2.32. The van der Waals surface area contributed by atoms with Crippen LogP contribution in [0.1, 0.15) is 22.2 Å². The van der Waals surface area contributed by atoms with Crippen molar-refractivity contribution >= 4 is 27.3 Å². The van der Waals surface area contributed by atoms with Crippen molar-refractivity contribution in [3.63, 3.8) is 0 Å². The zero-order valence-corrected chi connectivity index (χ0v) is 12.3. The second-order valence-electron chi connectivity index (χ2n) is 4.42. The van der Waals surface area contributed by atoms with Crippen molar-refractivity contribution in [1.29, 1.82) is 0 Å². The van der Waals surface area contributed by atoms with E-state index in [1.54, 1.807) is 19.2 Å². The van der Waals surface area contributed by atoms with Crippen LogP contribution in [0.4, 0.5) is 0 Å². The molecule has 8 heteroatoms. The zero-order chi connectivity index (χ0) is 14.2. The highest BCUT2D eigenvalue weighted by atomic mass is 32.2. The van der Waals surface area contributed by atoms with Crippen molar-refractivity contribution in [3.05, 3.63) is 15.8 Å². The number of carbonyl (C=O) groups is 1. The maximum Gasteiger partial charge on any atom is 0.347 e. The van der Waals surface area contributed by atoms with E-state index in [1.807, 2.05) is 0 Å². The molecule has 0 unspecified atom stereocenters. The third-order valence-electron chi connectivity index (χ3n) is 2.99. The molecule has 2 heterocycles. The number of sulfonamides is 1. The minimum Gasteiger partial charge on any atom is -0.477 e. The van der Waals surface area contributed by atoms with Crippen molar-refractivity contribution in [2.45, 2.75) is 24.8 Å². The van der Waals surface area contributed by atoms with Crippen LogP contribution in [-0.2, 0) is 14.8 Å². The van der Waals surface area contributed by atoms with Gasteiger partial charge in [0.2, 0.25) is 10.0 Å². The Hall–Kier alpha value is -0.960. The predicted molar refractivity (Wildman–Crippen MR) is 70.2 cm³/mol. The first-order valence-corrected chi connectivity index (χ1v) is 8.08. The predicted octanol–water partition coefficient (Wildman–Crippen LogP) is 1.16. The number of morpholine rings is 1. The summed E-state index contributed by atoms with van der Waals surface area (Å²) in [5.74, 6) is -1.21. The molecule has 0 spiro atoms. The van der Waals surface area contributed by atoms with E-state index in [2.05, 4.69) is 0 Å². The summed E-state index contributed by atoms with van der Waals surface area (Å²) in [4.78, 5) is 10.9. The molecule has 1 atom stereocenters. The number of hydrogen-bond donors (Lipinski definition) is 1. The summed E-state index contributed by atoms with van der Waals surface area (Å²) in [6.07, 6.45) is 0. The van der Waals surface area contributed by atoms with E-state index >= 15 is 0 Å². The summed E-state index contributed by atoms with van der Waals surface area (Å²) in [7, 11) is -3.79. The first-order chi connectivity index (χ1) is 8.85. The Kier molecular flexibility index (Phi) is 3.95. The third-order valence-corrected chi connectivity index (χ3v) is 6.40. The van der Waals surface area contributed by atoms with Crippen LogP contribution in [-0.4, -0.2) is 49.6 Å². The molecule has 1 aromatic heterocycles. The summed E-state index contributed by atoms with van der Waals surface area (Å²) in [5.41, 5.74) is 0.473. The second-order valence-corrected chi connectivity index (χ2v) is 7.13. The number of rotatable bonds is 3. The van der Waals surface area contributed by atoms with Gasteiger partial charge in [-0.05, 0) is 24.8 Å². The number of carboxylic acid groups (broad SMARTS) is 1. The second kappa shape index (κ2) is 5.20. The number of aromatic carboxylic acids is 1. The molecule has 1 fully saturated rings. The minimum absolute atomic E-state index is 0.0845. The quantitative estimate of drug-likeness (QED) is 0.906. The van der Waals surface area contributed by atoms with Gasteiger partial charge in [-0.3, -0.25) is 0 Å². The molecule has 0 saturated carbocycles. The molecule has 0 aliphatic carbocycles. The number of thiophene rings is 1. The van der Waals surface area contributed by atoms with E-state index in [4.69, 9.17) is 9.84 Å². The van der Waals surface area contributed by atoms with Crippen LogP contribution in [0.5, 0.6) is 0 Å². The van der Waals surface area contributed by atoms with E-state index in [1.165, 1.54) is 4.31 Å². The average molecular weight is 305 g/mol. The molecule has 0 aromatic carbocycles. The molecule has 1 saturated heterocycles. The third kappa shape index (κ3) is 2.53. The van der Waals surface area contributed by atoms with Crippen LogP contribution in [0.15, 0.2) is 10.3 Å². The van der Waals surface area contributed by atoms with Crippen molar-refractivity contribution in [3.8, 4) is 0 Å². The highest BCUT2D eigenvalue weighted by molar-refractivity contribution is 7.89. The fourth-order valence-electron chi connectivity index (χ4n) is 2.09. The number of nitrogens with zero attached hydrogens (tertiary/aromatic N) is 1. The maximum atomic E-state index is 12.6. The van der Waals surface area contributed by atoms with Crippen molar-refractivity contribution in [1.82, 2.24) is 4.31 Å². The molecule has 0 bridgehead atoms. The van der Waals surface area contributed by atoms with Gasteiger partial charge in [0.25, 0.3) is 0 Å². The Morgan fingerprint density at radius 3 is 2.84 bits per heavy atom. The number of carboxylic acids is 1. The van der Waals surface area contributed by atoms with Gasteiger partial charge in [-0.1, -0.05) is 0 Å². The number of ether oxygens (including phenoxy) is 1. The van der Waals surface area contributed by atoms with E-state index in [-0.39, 0.29) is 22.4 Å². The minimum atomic E-state index is -3.79. The molecule has 2 rings (SSSR count). The van der Waals surface area contributed by atoms with Gasteiger partial charge < -0.3 is 9.84 Å². The average Bonchev–Trinajstić information content (AvgIpc) is 2.72. The first-order valence-electron chi connectivity index (χ1n) is 5.76. The smallest absolute Gasteiger partial charge is 0.347 e. The zero-order valence-electron chi connectivity index (χ0n) is 10.6. The Morgan fingerprint density at radius 1 is 1.58 bits per heavy atom. The van der Waals surface area contributed by atoms with Crippen LogP contribution in [0.2, 0.25) is 0 Å². The van der Waals surface area contributed by atoms with Gasteiger partial charge in [-0.15, -0.1) is 11.3 Å². The summed E-state index contributed by atoms with van der Waals surface area (Å²) < 4.78 is 31.8. The van der Waals surface area contributed by atoms with Gasteiger partial charge >= 0.3 is 5.97 Å². The number of aryl methyl sites for hydroxylation is 1. The fourth-order valence-corrected chi connectivity index (χ4v) is 5.28. The summed E-state index contributed by atoms with van der Waals surface area (Å²) in [6, 6.07) is -0.292. The van der Waals surface area contributed by atoms with Gasteiger partial charge in [-0.25, -0.2) is 13.2 Å². The lowest BCUT2D eigenvalue weighted by Crippen LogP contribution is -2.47. The van der Waals surface area contributed by atoms with Gasteiger partial charge in [0.05, 0.1) is 13.2 Å². The summed E-state index contributed by atoms with van der Waals surface area (Å²) >= 11 is 0.940. The largest absolute Gasteiger partial charge is 0.477 e. The fraction of sp³-hybridized carbons (Fsp3) is 0.545. The monoisotopic (exact) mass is 305 g/mol. The molecule has 0 radical (unpaired) electrons. The van der Waals surface area contributed by atoms with Gasteiger partial charge in [0.15, 0.2) is 0 Å². The van der Waals surface area contributed by atoms with Crippen LogP contribution < -0.4 is 0 Å². The molecule has 1 aliphatic rings. The number of hydrogen-bond acceptors (Lipinski definition) is 5. The molecule has 19 heavy (non-hydrogen) atoms. The topological polar surface area (TPSA) is 83.9 Å². The Bertz CT molecular complexity index is 592. The van der Waals surface area contributed by atoms with Crippen LogP contribution in [0, 0.1) is 6.92 Å². The normalized spacial score (nSPS) is 21.5. The molecule has 106 valence electrons. The molecular weight excluding hydrogens is 290 g/mol. The van der Waals surface area contributed by atoms with Crippen molar-refractivity contribution in [2.24, 2.45) is 0 Å². The van der Waals surface area contributed by atoms with Gasteiger partial charge in [0.1, 0.15) is 9.77 Å². The van der Waals surface area contributed by atoms with E-state index in [0.29, 0.717) is 18.8 Å².